The van der Waals surface area contributed by atoms with Crippen molar-refractivity contribution in [2.45, 2.75) is 6.42 Å². The molecule has 0 aromatic heterocycles. The average Bonchev–Trinajstić information content (AvgIpc) is 2.85. The van der Waals surface area contributed by atoms with Gasteiger partial charge in [-0.05, 0) is 38.1 Å². The third kappa shape index (κ3) is 3.32. The molecule has 1 fully saturated rings. The van der Waals surface area contributed by atoms with E-state index in [0.29, 0.717) is 12.5 Å². The highest BCUT2D eigenvalue weighted by molar-refractivity contribution is 5.97. The van der Waals surface area contributed by atoms with Crippen LogP contribution in [0.5, 0.6) is 5.75 Å². The minimum Gasteiger partial charge on any atom is -0.493 e. The maximum absolute atomic E-state index is 13.9. The number of methoxy groups -OCH3 is 1. The van der Waals surface area contributed by atoms with Gasteiger partial charge in [-0.15, -0.1) is 0 Å². The Labute approximate surface area is 123 Å². The first-order valence-corrected chi connectivity index (χ1v) is 6.90. The van der Waals surface area contributed by atoms with Gasteiger partial charge < -0.3 is 14.5 Å². The van der Waals surface area contributed by atoms with Crippen LogP contribution in [0.1, 0.15) is 16.8 Å². The van der Waals surface area contributed by atoms with Crippen molar-refractivity contribution in [3.8, 4) is 5.75 Å². The maximum atomic E-state index is 13.9. The molecule has 6 heteroatoms. The Bertz CT molecular complexity index is 537. The quantitative estimate of drug-likeness (QED) is 0.852. The van der Waals surface area contributed by atoms with Crippen LogP contribution >= 0.6 is 0 Å². The summed E-state index contributed by atoms with van der Waals surface area (Å²) in [7, 11) is 4.85. The molecule has 1 aliphatic heterocycles. The maximum Gasteiger partial charge on any atom is 0.260 e. The predicted molar refractivity (Wildman–Crippen MR) is 75.5 cm³/mol. The number of ether oxygens (including phenoxy) is 1. The van der Waals surface area contributed by atoms with Crippen LogP contribution in [0, 0.1) is 17.6 Å². The normalized spacial score (nSPS) is 18.8. The van der Waals surface area contributed by atoms with Crippen molar-refractivity contribution < 1.29 is 18.3 Å². The van der Waals surface area contributed by atoms with Crippen molar-refractivity contribution >= 4 is 5.91 Å². The van der Waals surface area contributed by atoms with Crippen molar-refractivity contribution in [3.05, 3.63) is 29.3 Å². The van der Waals surface area contributed by atoms with Gasteiger partial charge in [-0.3, -0.25) is 4.79 Å². The van der Waals surface area contributed by atoms with Crippen molar-refractivity contribution in [1.29, 1.82) is 0 Å². The smallest absolute Gasteiger partial charge is 0.260 e. The summed E-state index contributed by atoms with van der Waals surface area (Å²) < 4.78 is 32.4. The number of halogens is 2. The van der Waals surface area contributed by atoms with Crippen LogP contribution in [0.15, 0.2) is 12.1 Å². The van der Waals surface area contributed by atoms with Gasteiger partial charge in [0.1, 0.15) is 11.4 Å². The van der Waals surface area contributed by atoms with Gasteiger partial charge in [0, 0.05) is 20.1 Å². The molecular formula is C15H20F2N2O2. The molecule has 116 valence electrons. The zero-order valence-electron chi connectivity index (χ0n) is 12.5. The SMILES string of the molecule is COc1c(F)ccc(F)c1C(=O)N(C)CC1CCN(C)C1. The zero-order chi connectivity index (χ0) is 15.6. The van der Waals surface area contributed by atoms with Crippen LogP contribution in [0.3, 0.4) is 0 Å². The molecule has 1 amide bonds. The van der Waals surface area contributed by atoms with E-state index in [1.165, 1.54) is 12.0 Å². The number of hydrogen-bond acceptors (Lipinski definition) is 3. The summed E-state index contributed by atoms with van der Waals surface area (Å²) in [5.41, 5.74) is -0.341. The number of carbonyl (C=O) groups excluding carboxylic acids is 1. The lowest BCUT2D eigenvalue weighted by Crippen LogP contribution is -2.33. The molecule has 0 bridgehead atoms. The molecule has 1 aromatic rings. The molecule has 2 rings (SSSR count). The highest BCUT2D eigenvalue weighted by atomic mass is 19.1. The summed E-state index contributed by atoms with van der Waals surface area (Å²) in [5, 5.41) is 0. The van der Waals surface area contributed by atoms with E-state index in [9.17, 15) is 13.6 Å². The summed E-state index contributed by atoms with van der Waals surface area (Å²) in [6.45, 7) is 2.41. The predicted octanol–water partition coefficient (Wildman–Crippen LogP) is 2.00. The molecule has 1 atom stereocenters. The first-order valence-electron chi connectivity index (χ1n) is 6.90. The lowest BCUT2D eigenvalue weighted by Gasteiger charge is -2.22. The number of rotatable bonds is 4. The Balaban J connectivity index is 2.17. The summed E-state index contributed by atoms with van der Waals surface area (Å²) in [6, 6.07) is 1.90. The van der Waals surface area contributed by atoms with E-state index in [2.05, 4.69) is 4.90 Å². The molecule has 4 nitrogen and oxygen atoms in total. The zero-order valence-corrected chi connectivity index (χ0v) is 12.5. The van der Waals surface area contributed by atoms with E-state index in [1.807, 2.05) is 7.05 Å². The van der Waals surface area contributed by atoms with Crippen molar-refractivity contribution in [3.63, 3.8) is 0 Å². The number of benzene rings is 1. The van der Waals surface area contributed by atoms with Gasteiger partial charge in [0.2, 0.25) is 0 Å². The number of nitrogens with zero attached hydrogens (tertiary/aromatic N) is 2. The van der Waals surface area contributed by atoms with E-state index in [0.717, 1.165) is 31.6 Å². The Morgan fingerprint density at radius 2 is 2.10 bits per heavy atom. The second-order valence-corrected chi connectivity index (χ2v) is 5.54. The summed E-state index contributed by atoms with van der Waals surface area (Å²) >= 11 is 0. The topological polar surface area (TPSA) is 32.8 Å². The highest BCUT2D eigenvalue weighted by Gasteiger charge is 2.27. The van der Waals surface area contributed by atoms with Crippen molar-refractivity contribution in [2.75, 3.05) is 40.8 Å². The number of likely N-dealkylation sites (tertiary alicyclic amines) is 1. The van der Waals surface area contributed by atoms with Crippen LogP contribution in [0.25, 0.3) is 0 Å². The second kappa shape index (κ2) is 6.39. The van der Waals surface area contributed by atoms with E-state index in [1.54, 1.807) is 7.05 Å². The summed E-state index contributed by atoms with van der Waals surface area (Å²) in [5.74, 6) is -2.05. The van der Waals surface area contributed by atoms with Gasteiger partial charge in [-0.2, -0.15) is 0 Å². The van der Waals surface area contributed by atoms with Crippen LogP contribution in [-0.4, -0.2) is 56.5 Å². The molecule has 1 heterocycles. The largest absolute Gasteiger partial charge is 0.493 e. The lowest BCUT2D eigenvalue weighted by atomic mass is 10.1. The fraction of sp³-hybridized carbons (Fsp3) is 0.533. The second-order valence-electron chi connectivity index (χ2n) is 5.54. The number of carbonyl (C=O) groups is 1. The van der Waals surface area contributed by atoms with Crippen LogP contribution in [0.4, 0.5) is 8.78 Å². The highest BCUT2D eigenvalue weighted by Crippen LogP contribution is 2.27. The first-order chi connectivity index (χ1) is 9.93. The fourth-order valence-electron chi connectivity index (χ4n) is 2.77. The average molecular weight is 298 g/mol. The Hall–Kier alpha value is -1.69. The van der Waals surface area contributed by atoms with Gasteiger partial charge in [0.15, 0.2) is 11.6 Å². The fourth-order valence-corrected chi connectivity index (χ4v) is 2.77. The number of hydrogen-bond donors (Lipinski definition) is 0. The summed E-state index contributed by atoms with van der Waals surface area (Å²) in [4.78, 5) is 16.0. The van der Waals surface area contributed by atoms with E-state index in [-0.39, 0.29) is 11.3 Å². The van der Waals surface area contributed by atoms with Crippen LogP contribution in [0.2, 0.25) is 0 Å². The molecular weight excluding hydrogens is 278 g/mol. The van der Waals surface area contributed by atoms with E-state index in [4.69, 9.17) is 4.74 Å². The monoisotopic (exact) mass is 298 g/mol. The lowest BCUT2D eigenvalue weighted by molar-refractivity contribution is 0.0764. The molecule has 0 saturated carbocycles. The standard InChI is InChI=1S/C15H20F2N2O2/c1-18-7-6-10(8-18)9-19(2)15(20)13-11(16)4-5-12(17)14(13)21-3/h4-5,10H,6-9H2,1-3H3. The molecule has 0 N–H and O–H groups in total. The van der Waals surface area contributed by atoms with Gasteiger partial charge in [0.25, 0.3) is 5.91 Å². The first kappa shape index (κ1) is 15.7. The van der Waals surface area contributed by atoms with Gasteiger partial charge >= 0.3 is 0 Å². The van der Waals surface area contributed by atoms with Crippen molar-refractivity contribution in [1.82, 2.24) is 9.80 Å². The summed E-state index contributed by atoms with van der Waals surface area (Å²) in [6.07, 6.45) is 0.997. The van der Waals surface area contributed by atoms with Crippen LogP contribution < -0.4 is 4.74 Å². The Kier molecular flexibility index (Phi) is 4.77. The molecule has 1 saturated heterocycles. The van der Waals surface area contributed by atoms with E-state index < -0.39 is 17.5 Å². The molecule has 1 unspecified atom stereocenters. The minimum atomic E-state index is -0.770. The Morgan fingerprint density at radius 1 is 1.43 bits per heavy atom. The van der Waals surface area contributed by atoms with Gasteiger partial charge in [-0.25, -0.2) is 8.78 Å². The Morgan fingerprint density at radius 3 is 2.67 bits per heavy atom. The molecule has 21 heavy (non-hydrogen) atoms. The van der Waals surface area contributed by atoms with Gasteiger partial charge in [-0.1, -0.05) is 0 Å². The molecule has 0 spiro atoms. The molecule has 0 radical (unpaired) electrons. The minimum absolute atomic E-state index is 0.338. The number of amides is 1. The third-order valence-corrected chi connectivity index (χ3v) is 3.84. The van der Waals surface area contributed by atoms with E-state index >= 15 is 0 Å². The molecule has 1 aliphatic rings. The third-order valence-electron chi connectivity index (χ3n) is 3.84. The van der Waals surface area contributed by atoms with Crippen molar-refractivity contribution in [2.24, 2.45) is 5.92 Å². The molecule has 1 aromatic carbocycles. The van der Waals surface area contributed by atoms with Gasteiger partial charge in [0.05, 0.1) is 7.11 Å². The van der Waals surface area contributed by atoms with Crippen LogP contribution in [-0.2, 0) is 0 Å². The molecule has 0 aliphatic carbocycles.